The summed E-state index contributed by atoms with van der Waals surface area (Å²) in [5.74, 6) is -0.0939. The summed E-state index contributed by atoms with van der Waals surface area (Å²) in [6.07, 6.45) is 2.09. The lowest BCUT2D eigenvalue weighted by Crippen LogP contribution is -2.47. The zero-order valence-electron chi connectivity index (χ0n) is 23.5. The molecule has 0 bridgehead atoms. The van der Waals surface area contributed by atoms with Crippen LogP contribution in [0.2, 0.25) is 0 Å². The Labute approximate surface area is 239 Å². The topological polar surface area (TPSA) is 48.1 Å². The van der Waals surface area contributed by atoms with Crippen molar-refractivity contribution in [2.24, 2.45) is 5.92 Å². The molecule has 41 heavy (non-hydrogen) atoms. The lowest BCUT2D eigenvalue weighted by molar-refractivity contribution is -0.137. The number of benzene rings is 2. The average Bonchev–Trinajstić information content (AvgIpc) is 3.48. The van der Waals surface area contributed by atoms with Crippen LogP contribution in [0.3, 0.4) is 0 Å². The van der Waals surface area contributed by atoms with Gasteiger partial charge in [0.05, 0.1) is 24.5 Å². The molecule has 0 spiro atoms. The average molecular weight is 577 g/mol. The number of anilines is 2. The third kappa shape index (κ3) is 7.92. The molecule has 2 saturated heterocycles. The zero-order valence-corrected chi connectivity index (χ0v) is 23.5. The Morgan fingerprint density at radius 2 is 1.71 bits per heavy atom. The summed E-state index contributed by atoms with van der Waals surface area (Å²) in [6.45, 7) is 5.21. The number of rotatable bonds is 8. The van der Waals surface area contributed by atoms with Crippen LogP contribution in [-0.4, -0.2) is 69.5 Å². The fourth-order valence-electron chi connectivity index (χ4n) is 6.19. The number of ether oxygens (including phenoxy) is 1. The van der Waals surface area contributed by atoms with Crippen molar-refractivity contribution in [3.8, 4) is 0 Å². The van der Waals surface area contributed by atoms with Crippen molar-refractivity contribution in [3.05, 3.63) is 59.4 Å². The second kappa shape index (κ2) is 13.4. The SMILES string of the molecule is O=C(NC1CCCC1)N(CC1CCN(CCc2cccc(C(F)(F)F)c2)CC1)c1ccc(N2CCOCC2)c(F)c1. The van der Waals surface area contributed by atoms with Crippen molar-refractivity contribution in [3.63, 3.8) is 0 Å². The van der Waals surface area contributed by atoms with Gasteiger partial charge in [0, 0.05) is 37.9 Å². The molecule has 224 valence electrons. The van der Waals surface area contributed by atoms with Gasteiger partial charge in [0.15, 0.2) is 0 Å². The highest BCUT2D eigenvalue weighted by Crippen LogP contribution is 2.31. The summed E-state index contributed by atoms with van der Waals surface area (Å²) in [5, 5.41) is 3.17. The van der Waals surface area contributed by atoms with E-state index in [4.69, 9.17) is 4.74 Å². The van der Waals surface area contributed by atoms with E-state index in [0.717, 1.165) is 57.7 Å². The molecular formula is C31H40F4N4O2. The van der Waals surface area contributed by atoms with Gasteiger partial charge in [0.1, 0.15) is 5.82 Å². The second-order valence-electron chi connectivity index (χ2n) is 11.5. The first-order valence-electron chi connectivity index (χ1n) is 14.8. The quantitative estimate of drug-likeness (QED) is 0.386. The molecule has 3 aliphatic rings. The molecule has 1 aliphatic carbocycles. The highest BCUT2D eigenvalue weighted by molar-refractivity contribution is 5.92. The number of halogens is 4. The number of carbonyl (C=O) groups is 1. The van der Waals surface area contributed by atoms with Crippen molar-refractivity contribution in [1.82, 2.24) is 10.2 Å². The molecule has 1 N–H and O–H groups in total. The van der Waals surface area contributed by atoms with E-state index in [9.17, 15) is 18.0 Å². The van der Waals surface area contributed by atoms with E-state index in [1.54, 1.807) is 17.0 Å². The fourth-order valence-corrected chi connectivity index (χ4v) is 6.19. The summed E-state index contributed by atoms with van der Waals surface area (Å²) >= 11 is 0. The fraction of sp³-hybridized carbons (Fsp3) is 0.581. The molecule has 3 fully saturated rings. The van der Waals surface area contributed by atoms with E-state index in [2.05, 4.69) is 10.2 Å². The molecule has 2 aromatic rings. The van der Waals surface area contributed by atoms with Crippen molar-refractivity contribution in [1.29, 1.82) is 0 Å². The number of likely N-dealkylation sites (tertiary alicyclic amines) is 1. The Hall–Kier alpha value is -2.85. The molecule has 2 heterocycles. The lowest BCUT2D eigenvalue weighted by Gasteiger charge is -2.35. The third-order valence-electron chi connectivity index (χ3n) is 8.64. The standard InChI is InChI=1S/C31H40F4N4O2/c32-28-21-27(8-9-29(28)38-16-18-41-19-17-38)39(30(40)36-26-6-1-2-7-26)22-24-11-14-37(15-12-24)13-10-23-4-3-5-25(20-23)31(33,34)35/h3-5,8-9,20-21,24,26H,1-2,6-7,10-19,22H2,(H,36,40). The smallest absolute Gasteiger partial charge is 0.378 e. The first-order chi connectivity index (χ1) is 19.8. The van der Waals surface area contributed by atoms with Crippen LogP contribution in [0, 0.1) is 11.7 Å². The number of carbonyl (C=O) groups excluding carboxylic acids is 1. The number of hydrogen-bond acceptors (Lipinski definition) is 4. The minimum absolute atomic E-state index is 0.153. The number of nitrogens with one attached hydrogen (secondary N) is 1. The highest BCUT2D eigenvalue weighted by atomic mass is 19.4. The summed E-state index contributed by atoms with van der Waals surface area (Å²) in [4.78, 5) is 19.4. The van der Waals surface area contributed by atoms with Gasteiger partial charge in [-0.2, -0.15) is 13.2 Å². The summed E-state index contributed by atoms with van der Waals surface area (Å²) in [5.41, 5.74) is 1.16. The summed E-state index contributed by atoms with van der Waals surface area (Å²) in [7, 11) is 0. The molecule has 6 nitrogen and oxygen atoms in total. The van der Waals surface area contributed by atoms with Gasteiger partial charge in [-0.25, -0.2) is 9.18 Å². The normalized spacial score (nSPS) is 19.5. The van der Waals surface area contributed by atoms with Crippen LogP contribution < -0.4 is 15.1 Å². The molecule has 2 aromatic carbocycles. The first kappa shape index (κ1) is 29.6. The molecule has 2 amide bonds. The van der Waals surface area contributed by atoms with Crippen molar-refractivity contribution < 1.29 is 27.1 Å². The van der Waals surface area contributed by atoms with Gasteiger partial charge in [-0.05, 0) is 80.9 Å². The Balaban J connectivity index is 1.20. The second-order valence-corrected chi connectivity index (χ2v) is 11.5. The van der Waals surface area contributed by atoms with Gasteiger partial charge in [-0.15, -0.1) is 0 Å². The summed E-state index contributed by atoms with van der Waals surface area (Å²) < 4.78 is 59.9. The van der Waals surface area contributed by atoms with Crippen molar-refractivity contribution in [2.45, 2.75) is 57.2 Å². The van der Waals surface area contributed by atoms with Gasteiger partial charge in [0.2, 0.25) is 0 Å². The molecule has 0 atom stereocenters. The van der Waals surface area contributed by atoms with Gasteiger partial charge in [0.25, 0.3) is 0 Å². The maximum atomic E-state index is 15.3. The number of alkyl halides is 3. The zero-order chi connectivity index (χ0) is 28.8. The predicted octanol–water partition coefficient (Wildman–Crippen LogP) is 6.09. The van der Waals surface area contributed by atoms with E-state index in [0.29, 0.717) is 62.8 Å². The van der Waals surface area contributed by atoms with E-state index >= 15 is 4.39 Å². The summed E-state index contributed by atoms with van der Waals surface area (Å²) in [6, 6.07) is 10.6. The van der Waals surface area contributed by atoms with E-state index in [1.807, 2.05) is 11.0 Å². The monoisotopic (exact) mass is 576 g/mol. The van der Waals surface area contributed by atoms with Gasteiger partial charge < -0.3 is 19.9 Å². The number of urea groups is 1. The van der Waals surface area contributed by atoms with Crippen LogP contribution in [0.4, 0.5) is 33.7 Å². The Bertz CT molecular complexity index is 1160. The largest absolute Gasteiger partial charge is 0.416 e. The molecular weight excluding hydrogens is 536 g/mol. The van der Waals surface area contributed by atoms with Crippen LogP contribution in [0.1, 0.15) is 49.7 Å². The predicted molar refractivity (Wildman–Crippen MR) is 152 cm³/mol. The minimum Gasteiger partial charge on any atom is -0.378 e. The third-order valence-corrected chi connectivity index (χ3v) is 8.64. The molecule has 5 rings (SSSR count). The number of nitrogens with zero attached hydrogens (tertiary/aromatic N) is 3. The van der Waals surface area contributed by atoms with Gasteiger partial charge in [-0.1, -0.05) is 31.0 Å². The maximum Gasteiger partial charge on any atom is 0.416 e. The molecule has 0 unspecified atom stereocenters. The van der Waals surface area contributed by atoms with Crippen LogP contribution in [0.25, 0.3) is 0 Å². The van der Waals surface area contributed by atoms with Gasteiger partial charge in [-0.3, -0.25) is 4.90 Å². The number of hydrogen-bond donors (Lipinski definition) is 1. The molecule has 1 saturated carbocycles. The maximum absolute atomic E-state index is 15.3. The minimum atomic E-state index is -4.34. The van der Waals surface area contributed by atoms with Crippen LogP contribution in [0.15, 0.2) is 42.5 Å². The van der Waals surface area contributed by atoms with Crippen molar-refractivity contribution in [2.75, 3.05) is 62.3 Å². The molecule has 0 aromatic heterocycles. The van der Waals surface area contributed by atoms with Crippen LogP contribution in [-0.2, 0) is 17.3 Å². The van der Waals surface area contributed by atoms with Crippen LogP contribution in [0.5, 0.6) is 0 Å². The van der Waals surface area contributed by atoms with E-state index in [1.165, 1.54) is 18.2 Å². The van der Waals surface area contributed by atoms with Crippen molar-refractivity contribution >= 4 is 17.4 Å². The van der Waals surface area contributed by atoms with E-state index in [-0.39, 0.29) is 23.8 Å². The van der Waals surface area contributed by atoms with Gasteiger partial charge >= 0.3 is 12.2 Å². The molecule has 10 heteroatoms. The number of morpholine rings is 1. The Kier molecular flexibility index (Phi) is 9.70. The lowest BCUT2D eigenvalue weighted by atomic mass is 9.95. The molecule has 2 aliphatic heterocycles. The van der Waals surface area contributed by atoms with E-state index < -0.39 is 11.7 Å². The number of amides is 2. The Morgan fingerprint density at radius 1 is 0.976 bits per heavy atom. The molecule has 0 radical (unpaired) electrons. The highest BCUT2D eigenvalue weighted by Gasteiger charge is 2.31. The Morgan fingerprint density at radius 3 is 2.39 bits per heavy atom. The number of piperidine rings is 1. The van der Waals surface area contributed by atoms with Crippen LogP contribution >= 0.6 is 0 Å². The first-order valence-corrected chi connectivity index (χ1v) is 14.8.